The summed E-state index contributed by atoms with van der Waals surface area (Å²) in [7, 11) is 0. The van der Waals surface area contributed by atoms with Gasteiger partial charge in [-0.2, -0.15) is 0 Å². The molecule has 0 fully saturated rings. The van der Waals surface area contributed by atoms with Crippen LogP contribution in [0.4, 0.5) is 0 Å². The number of hydrogen-bond acceptors (Lipinski definition) is 6. The Morgan fingerprint density at radius 3 is 2.43 bits per heavy atom. The Balaban J connectivity index is 1.52. The monoisotopic (exact) mass is 444 g/mol. The fourth-order valence-electron chi connectivity index (χ4n) is 2.68. The Morgan fingerprint density at radius 1 is 1.07 bits per heavy atom. The molecule has 0 radical (unpaired) electrons. The molecule has 0 atom stereocenters. The van der Waals surface area contributed by atoms with E-state index in [1.54, 1.807) is 42.6 Å². The second-order valence-electron chi connectivity index (χ2n) is 6.47. The molecule has 0 unspecified atom stereocenters. The van der Waals surface area contributed by atoms with Gasteiger partial charge >= 0.3 is 0 Å². The van der Waals surface area contributed by atoms with Gasteiger partial charge in [0, 0.05) is 41.2 Å². The smallest absolute Gasteiger partial charge is 0.254 e. The summed E-state index contributed by atoms with van der Waals surface area (Å²) >= 11 is 7.27. The maximum absolute atomic E-state index is 12.6. The van der Waals surface area contributed by atoms with Gasteiger partial charge in [-0.25, -0.2) is 4.98 Å². The molecule has 0 spiro atoms. The van der Waals surface area contributed by atoms with Crippen molar-refractivity contribution in [3.8, 4) is 0 Å². The first kappa shape index (κ1) is 21.9. The van der Waals surface area contributed by atoms with Crippen molar-refractivity contribution >= 4 is 35.2 Å². The zero-order valence-corrected chi connectivity index (χ0v) is 18.1. The first-order chi connectivity index (χ1) is 14.5. The van der Waals surface area contributed by atoms with E-state index in [0.29, 0.717) is 40.0 Å². The number of pyridine rings is 1. The number of halogens is 1. The van der Waals surface area contributed by atoms with E-state index < -0.39 is 0 Å². The van der Waals surface area contributed by atoms with Gasteiger partial charge in [0.05, 0.1) is 11.3 Å². The molecule has 0 bridgehead atoms. The normalized spacial score (nSPS) is 10.6. The highest BCUT2D eigenvalue weighted by Gasteiger charge is 2.15. The molecule has 2 N–H and O–H groups in total. The van der Waals surface area contributed by atoms with Crippen LogP contribution in [0.2, 0.25) is 5.02 Å². The van der Waals surface area contributed by atoms with Gasteiger partial charge in [0.25, 0.3) is 11.8 Å². The molecule has 0 saturated carbocycles. The molecule has 0 saturated heterocycles. The molecule has 9 heteroatoms. The van der Waals surface area contributed by atoms with Gasteiger partial charge in [-0.15, -0.1) is 11.8 Å². The molecule has 0 aliphatic carbocycles. The zero-order valence-electron chi connectivity index (χ0n) is 16.6. The number of carbonyl (C=O) groups excluding carboxylic acids is 2. The minimum absolute atomic E-state index is 0.224. The average Bonchev–Trinajstić information content (AvgIpc) is 3.07. The van der Waals surface area contributed by atoms with Gasteiger partial charge in [-0.1, -0.05) is 16.8 Å². The molecule has 1 aromatic carbocycles. The third kappa shape index (κ3) is 5.61. The van der Waals surface area contributed by atoms with Crippen LogP contribution in [0.5, 0.6) is 0 Å². The molecule has 30 heavy (non-hydrogen) atoms. The van der Waals surface area contributed by atoms with Crippen molar-refractivity contribution in [2.45, 2.75) is 24.6 Å². The van der Waals surface area contributed by atoms with Crippen LogP contribution in [0.25, 0.3) is 0 Å². The first-order valence-electron chi connectivity index (χ1n) is 9.27. The van der Waals surface area contributed by atoms with Crippen LogP contribution in [0.1, 0.15) is 37.7 Å². The van der Waals surface area contributed by atoms with Gasteiger partial charge < -0.3 is 15.2 Å². The molecular formula is C21H21ClN4O3S. The topological polar surface area (TPSA) is 97.1 Å². The molecule has 7 nitrogen and oxygen atoms in total. The number of rotatable bonds is 8. The number of carbonyl (C=O) groups is 2. The number of aryl methyl sites for hydroxylation is 2. The van der Waals surface area contributed by atoms with E-state index in [9.17, 15) is 9.59 Å². The number of amides is 2. The van der Waals surface area contributed by atoms with Gasteiger partial charge in [0.1, 0.15) is 10.8 Å². The van der Waals surface area contributed by atoms with Crippen LogP contribution in [0, 0.1) is 13.8 Å². The third-order valence-electron chi connectivity index (χ3n) is 4.35. The van der Waals surface area contributed by atoms with Crippen LogP contribution in [-0.2, 0) is 5.75 Å². The van der Waals surface area contributed by atoms with Crippen molar-refractivity contribution in [1.29, 1.82) is 0 Å². The Hall–Kier alpha value is -2.84. The lowest BCUT2D eigenvalue weighted by molar-refractivity contribution is 0.0926. The minimum Gasteiger partial charge on any atom is -0.361 e. The molecule has 2 heterocycles. The lowest BCUT2D eigenvalue weighted by Gasteiger charge is -2.10. The lowest BCUT2D eigenvalue weighted by Crippen LogP contribution is -2.34. The SMILES string of the molecule is Cc1noc(C)c1CSc1ncccc1C(=O)NCCNC(=O)c1ccc(Cl)cc1. The molecule has 0 aliphatic rings. The van der Waals surface area contributed by atoms with Gasteiger partial charge in [-0.05, 0) is 50.2 Å². The molecule has 3 aromatic rings. The predicted octanol–water partition coefficient (Wildman–Crippen LogP) is 3.79. The van der Waals surface area contributed by atoms with Crippen molar-refractivity contribution in [1.82, 2.24) is 20.8 Å². The Kier molecular flexibility index (Phi) is 7.48. The third-order valence-corrected chi connectivity index (χ3v) is 5.64. The minimum atomic E-state index is -0.245. The number of nitrogens with one attached hydrogen (secondary N) is 2. The Bertz CT molecular complexity index is 1020. The molecular weight excluding hydrogens is 424 g/mol. The van der Waals surface area contributed by atoms with Crippen molar-refractivity contribution in [3.05, 3.63) is 75.8 Å². The van der Waals surface area contributed by atoms with Crippen molar-refractivity contribution < 1.29 is 14.1 Å². The Morgan fingerprint density at radius 2 is 1.77 bits per heavy atom. The van der Waals surface area contributed by atoms with E-state index in [1.165, 1.54) is 11.8 Å². The number of hydrogen-bond donors (Lipinski definition) is 2. The van der Waals surface area contributed by atoms with E-state index in [1.807, 2.05) is 13.8 Å². The standard InChI is InChI=1S/C21H21ClN4O3S/c1-13-18(14(2)29-26-13)12-30-21-17(4-3-9-25-21)20(28)24-11-10-23-19(27)15-5-7-16(22)8-6-15/h3-9H,10-12H2,1-2H3,(H,23,27)(H,24,28). The number of thioether (sulfide) groups is 1. The maximum atomic E-state index is 12.6. The Labute approximate surface area is 183 Å². The van der Waals surface area contributed by atoms with Gasteiger partial charge in [0.2, 0.25) is 0 Å². The van der Waals surface area contributed by atoms with Gasteiger partial charge in [-0.3, -0.25) is 9.59 Å². The summed E-state index contributed by atoms with van der Waals surface area (Å²) in [4.78, 5) is 29.0. The van der Waals surface area contributed by atoms with Gasteiger partial charge in [0.15, 0.2) is 0 Å². The highest BCUT2D eigenvalue weighted by Crippen LogP contribution is 2.27. The summed E-state index contributed by atoms with van der Waals surface area (Å²) in [5.41, 5.74) is 2.83. The van der Waals surface area contributed by atoms with Crippen molar-refractivity contribution in [3.63, 3.8) is 0 Å². The number of benzene rings is 1. The van der Waals surface area contributed by atoms with Crippen LogP contribution >= 0.6 is 23.4 Å². The van der Waals surface area contributed by atoms with Crippen LogP contribution < -0.4 is 10.6 Å². The summed E-state index contributed by atoms with van der Waals surface area (Å²) in [5, 5.41) is 10.7. The highest BCUT2D eigenvalue weighted by molar-refractivity contribution is 7.98. The van der Waals surface area contributed by atoms with Crippen molar-refractivity contribution in [2.75, 3.05) is 13.1 Å². The summed E-state index contributed by atoms with van der Waals surface area (Å²) in [6.07, 6.45) is 1.65. The molecule has 3 rings (SSSR count). The highest BCUT2D eigenvalue weighted by atomic mass is 35.5. The summed E-state index contributed by atoms with van der Waals surface area (Å²) < 4.78 is 5.18. The molecule has 2 amide bonds. The lowest BCUT2D eigenvalue weighted by atomic mass is 10.2. The van der Waals surface area contributed by atoms with Crippen molar-refractivity contribution in [2.24, 2.45) is 0 Å². The summed E-state index contributed by atoms with van der Waals surface area (Å²) in [6.45, 7) is 4.34. The van der Waals surface area contributed by atoms with E-state index in [2.05, 4.69) is 20.8 Å². The second-order valence-corrected chi connectivity index (χ2v) is 7.87. The predicted molar refractivity (Wildman–Crippen MR) is 116 cm³/mol. The fourth-order valence-corrected chi connectivity index (χ4v) is 3.95. The molecule has 156 valence electrons. The fraction of sp³-hybridized carbons (Fsp3) is 0.238. The largest absolute Gasteiger partial charge is 0.361 e. The number of aromatic nitrogens is 2. The first-order valence-corrected chi connectivity index (χ1v) is 10.6. The van der Waals surface area contributed by atoms with E-state index in [0.717, 1.165) is 17.0 Å². The van der Waals surface area contributed by atoms with Crippen LogP contribution in [0.15, 0.2) is 52.1 Å². The summed E-state index contributed by atoms with van der Waals surface area (Å²) in [5.74, 6) is 0.900. The van der Waals surface area contributed by atoms with E-state index >= 15 is 0 Å². The zero-order chi connectivity index (χ0) is 21.5. The maximum Gasteiger partial charge on any atom is 0.254 e. The van der Waals surface area contributed by atoms with Crippen LogP contribution in [-0.4, -0.2) is 35.0 Å². The van der Waals surface area contributed by atoms with E-state index in [-0.39, 0.29) is 11.8 Å². The van der Waals surface area contributed by atoms with Crippen LogP contribution in [0.3, 0.4) is 0 Å². The second kappa shape index (κ2) is 10.3. The molecule has 2 aromatic heterocycles. The van der Waals surface area contributed by atoms with E-state index in [4.69, 9.17) is 16.1 Å². The summed E-state index contributed by atoms with van der Waals surface area (Å²) in [6, 6.07) is 10.1. The average molecular weight is 445 g/mol. The molecule has 0 aliphatic heterocycles. The quantitative estimate of drug-likeness (QED) is 0.405. The number of nitrogens with zero attached hydrogens (tertiary/aromatic N) is 2.